The molecule has 0 N–H and O–H groups in total. The van der Waals surface area contributed by atoms with E-state index in [1.807, 2.05) is 13.8 Å². The zero-order valence-corrected chi connectivity index (χ0v) is 7.30. The molecule has 0 aliphatic heterocycles. The molecule has 0 unspecified atom stereocenters. The van der Waals surface area contributed by atoms with Gasteiger partial charge in [-0.2, -0.15) is 0 Å². The van der Waals surface area contributed by atoms with Crippen LogP contribution in [-0.4, -0.2) is 5.97 Å². The monoisotopic (exact) mass is 156 g/mol. The lowest BCUT2D eigenvalue weighted by molar-refractivity contribution is -0.137. The highest BCUT2D eigenvalue weighted by atomic mass is 16.5. The van der Waals surface area contributed by atoms with Gasteiger partial charge in [0.05, 0.1) is 6.26 Å². The Hall–Kier alpha value is -1.05. The SMILES string of the molecule is C=CC.C=COC(=O)CCC. The Balaban J connectivity index is 0. The van der Waals surface area contributed by atoms with E-state index in [0.717, 1.165) is 12.7 Å². The van der Waals surface area contributed by atoms with Crippen molar-refractivity contribution in [3.8, 4) is 0 Å². The maximum Gasteiger partial charge on any atom is 0.310 e. The maximum absolute atomic E-state index is 10.3. The summed E-state index contributed by atoms with van der Waals surface area (Å²) in [5.41, 5.74) is 0. The molecule has 0 heterocycles. The van der Waals surface area contributed by atoms with Crippen molar-refractivity contribution in [2.45, 2.75) is 26.7 Å². The molecule has 0 rings (SSSR count). The van der Waals surface area contributed by atoms with Crippen molar-refractivity contribution in [2.75, 3.05) is 0 Å². The summed E-state index contributed by atoms with van der Waals surface area (Å²) in [5, 5.41) is 0. The Morgan fingerprint density at radius 1 is 1.55 bits per heavy atom. The Kier molecular flexibility index (Phi) is 13.4. The van der Waals surface area contributed by atoms with E-state index < -0.39 is 0 Å². The molecule has 11 heavy (non-hydrogen) atoms. The molecule has 64 valence electrons. The lowest BCUT2D eigenvalue weighted by atomic mass is 10.3. The molecule has 0 aromatic heterocycles. The molecule has 0 aromatic carbocycles. The molecule has 0 saturated heterocycles. The minimum absolute atomic E-state index is 0.206. The Morgan fingerprint density at radius 3 is 2.27 bits per heavy atom. The number of allylic oxidation sites excluding steroid dienone is 1. The molecular formula is C9H16O2. The first-order valence-electron chi connectivity index (χ1n) is 3.60. The van der Waals surface area contributed by atoms with Crippen LogP contribution in [-0.2, 0) is 9.53 Å². The summed E-state index contributed by atoms with van der Waals surface area (Å²) in [5.74, 6) is -0.206. The van der Waals surface area contributed by atoms with E-state index in [0.29, 0.717) is 6.42 Å². The summed E-state index contributed by atoms with van der Waals surface area (Å²) in [6, 6.07) is 0. The molecule has 2 heteroatoms. The number of carbonyl (C=O) groups is 1. The van der Waals surface area contributed by atoms with Gasteiger partial charge in [-0.3, -0.25) is 4.79 Å². The highest BCUT2D eigenvalue weighted by Crippen LogP contribution is 1.89. The van der Waals surface area contributed by atoms with Crippen LogP contribution in [0.2, 0.25) is 0 Å². The Morgan fingerprint density at radius 2 is 2.00 bits per heavy atom. The van der Waals surface area contributed by atoms with Gasteiger partial charge in [0.15, 0.2) is 0 Å². The van der Waals surface area contributed by atoms with Crippen LogP contribution in [0.3, 0.4) is 0 Å². The van der Waals surface area contributed by atoms with Crippen LogP contribution in [0.5, 0.6) is 0 Å². The second-order valence-electron chi connectivity index (χ2n) is 1.81. The molecule has 0 radical (unpaired) electrons. The number of ether oxygens (including phenoxy) is 1. The topological polar surface area (TPSA) is 26.3 Å². The molecule has 0 aliphatic rings. The third kappa shape index (κ3) is 17.6. The van der Waals surface area contributed by atoms with E-state index >= 15 is 0 Å². The van der Waals surface area contributed by atoms with Gasteiger partial charge in [-0.25, -0.2) is 0 Å². The Labute approximate surface area is 68.6 Å². The fourth-order valence-corrected chi connectivity index (χ4v) is 0.356. The van der Waals surface area contributed by atoms with Crippen molar-refractivity contribution in [1.29, 1.82) is 0 Å². The van der Waals surface area contributed by atoms with E-state index in [1.165, 1.54) is 0 Å². The second kappa shape index (κ2) is 11.7. The molecular weight excluding hydrogens is 140 g/mol. The van der Waals surface area contributed by atoms with Crippen LogP contribution in [0.15, 0.2) is 25.5 Å². The second-order valence-corrected chi connectivity index (χ2v) is 1.81. The van der Waals surface area contributed by atoms with Gasteiger partial charge in [0, 0.05) is 6.42 Å². The molecule has 0 fully saturated rings. The van der Waals surface area contributed by atoms with Gasteiger partial charge in [0.2, 0.25) is 0 Å². The molecule has 0 saturated carbocycles. The normalized spacial score (nSPS) is 7.09. The number of carbonyl (C=O) groups excluding carboxylic acids is 1. The minimum atomic E-state index is -0.206. The summed E-state index contributed by atoms with van der Waals surface area (Å²) >= 11 is 0. The van der Waals surface area contributed by atoms with Crippen molar-refractivity contribution in [2.24, 2.45) is 0 Å². The van der Waals surface area contributed by atoms with Gasteiger partial charge in [-0.15, -0.1) is 6.58 Å². The van der Waals surface area contributed by atoms with E-state index in [1.54, 1.807) is 6.08 Å². The molecule has 0 bridgehead atoms. The first kappa shape index (κ1) is 12.6. The first-order valence-corrected chi connectivity index (χ1v) is 3.60. The van der Waals surface area contributed by atoms with Gasteiger partial charge in [0.25, 0.3) is 0 Å². The van der Waals surface area contributed by atoms with Crippen LogP contribution < -0.4 is 0 Å². The summed E-state index contributed by atoms with van der Waals surface area (Å²) in [6.45, 7) is 10.4. The molecule has 0 spiro atoms. The maximum atomic E-state index is 10.3. The van der Waals surface area contributed by atoms with Crippen molar-refractivity contribution in [3.63, 3.8) is 0 Å². The number of hydrogen-bond acceptors (Lipinski definition) is 2. The number of hydrogen-bond donors (Lipinski definition) is 0. The largest absolute Gasteiger partial charge is 0.435 e. The Bertz CT molecular complexity index is 117. The predicted molar refractivity (Wildman–Crippen MR) is 47.1 cm³/mol. The summed E-state index contributed by atoms with van der Waals surface area (Å²) in [6.07, 6.45) is 4.21. The van der Waals surface area contributed by atoms with Gasteiger partial charge >= 0.3 is 5.97 Å². The average Bonchev–Trinajstić information content (AvgIpc) is 1.90. The minimum Gasteiger partial charge on any atom is -0.435 e. The van der Waals surface area contributed by atoms with Gasteiger partial charge in [-0.05, 0) is 13.3 Å². The van der Waals surface area contributed by atoms with Gasteiger partial charge in [0.1, 0.15) is 0 Å². The molecule has 2 nitrogen and oxygen atoms in total. The average molecular weight is 156 g/mol. The fraction of sp³-hybridized carbons (Fsp3) is 0.444. The lowest BCUT2D eigenvalue weighted by Crippen LogP contribution is -1.96. The van der Waals surface area contributed by atoms with Crippen molar-refractivity contribution in [3.05, 3.63) is 25.5 Å². The molecule has 0 amide bonds. The molecule has 0 aromatic rings. The standard InChI is InChI=1S/C6H10O2.C3H6/c1-3-5-6(7)8-4-2;1-3-2/h4H,2-3,5H2,1H3;3H,1H2,2H3. The van der Waals surface area contributed by atoms with E-state index in [9.17, 15) is 4.79 Å². The lowest BCUT2D eigenvalue weighted by Gasteiger charge is -1.92. The smallest absolute Gasteiger partial charge is 0.310 e. The molecule has 0 atom stereocenters. The van der Waals surface area contributed by atoms with Crippen LogP contribution in [0, 0.1) is 0 Å². The fourth-order valence-electron chi connectivity index (χ4n) is 0.356. The summed E-state index contributed by atoms with van der Waals surface area (Å²) in [4.78, 5) is 10.3. The quantitative estimate of drug-likeness (QED) is 0.357. The summed E-state index contributed by atoms with van der Waals surface area (Å²) in [7, 11) is 0. The number of rotatable bonds is 3. The zero-order chi connectivity index (χ0) is 9.11. The third-order valence-electron chi connectivity index (χ3n) is 0.669. The predicted octanol–water partition coefficient (Wildman–Crippen LogP) is 2.67. The van der Waals surface area contributed by atoms with Crippen molar-refractivity contribution in [1.82, 2.24) is 0 Å². The van der Waals surface area contributed by atoms with Crippen molar-refractivity contribution < 1.29 is 9.53 Å². The van der Waals surface area contributed by atoms with E-state index in [-0.39, 0.29) is 5.97 Å². The summed E-state index contributed by atoms with van der Waals surface area (Å²) < 4.78 is 4.41. The van der Waals surface area contributed by atoms with Gasteiger partial charge < -0.3 is 4.74 Å². The van der Waals surface area contributed by atoms with E-state index in [2.05, 4.69) is 17.9 Å². The van der Waals surface area contributed by atoms with Gasteiger partial charge in [-0.1, -0.05) is 19.6 Å². The van der Waals surface area contributed by atoms with E-state index in [4.69, 9.17) is 0 Å². The third-order valence-corrected chi connectivity index (χ3v) is 0.669. The number of esters is 1. The zero-order valence-electron chi connectivity index (χ0n) is 7.30. The van der Waals surface area contributed by atoms with Crippen molar-refractivity contribution >= 4 is 5.97 Å². The van der Waals surface area contributed by atoms with Crippen LogP contribution in [0.25, 0.3) is 0 Å². The first-order chi connectivity index (χ1) is 5.22. The highest BCUT2D eigenvalue weighted by molar-refractivity contribution is 5.69. The van der Waals surface area contributed by atoms with Crippen LogP contribution in [0.1, 0.15) is 26.7 Å². The van der Waals surface area contributed by atoms with Crippen LogP contribution >= 0.6 is 0 Å². The van der Waals surface area contributed by atoms with Crippen LogP contribution in [0.4, 0.5) is 0 Å². The molecule has 0 aliphatic carbocycles. The highest BCUT2D eigenvalue weighted by Gasteiger charge is 1.94.